The molecule has 190 valence electrons. The van der Waals surface area contributed by atoms with Crippen molar-refractivity contribution in [3.63, 3.8) is 0 Å². The number of nitrogens with zero attached hydrogens (tertiary/aromatic N) is 1. The van der Waals surface area contributed by atoms with Crippen LogP contribution in [0.25, 0.3) is 0 Å². The topological polar surface area (TPSA) is 163 Å². The number of benzene rings is 3. The Labute approximate surface area is 209 Å². The Balaban J connectivity index is 1.48. The summed E-state index contributed by atoms with van der Waals surface area (Å²) in [5.74, 6) is 0.921. The summed E-state index contributed by atoms with van der Waals surface area (Å²) < 4.78 is 11.3. The lowest BCUT2D eigenvalue weighted by molar-refractivity contribution is -0.384. The van der Waals surface area contributed by atoms with Crippen molar-refractivity contribution in [1.82, 2.24) is 5.32 Å². The number of anilines is 1. The number of primary amides is 1. The maximum Gasteiger partial charge on any atom is 0.295 e. The van der Waals surface area contributed by atoms with E-state index in [-0.39, 0.29) is 35.8 Å². The first-order valence-electron chi connectivity index (χ1n) is 11.3. The molecule has 1 unspecified atom stereocenters. The molecule has 0 heterocycles. The second-order valence-electron chi connectivity index (χ2n) is 8.99. The molecule has 10 nitrogen and oxygen atoms in total. The summed E-state index contributed by atoms with van der Waals surface area (Å²) in [4.78, 5) is 21.6. The Morgan fingerprint density at radius 2 is 1.69 bits per heavy atom. The average Bonchev–Trinajstić information content (AvgIpc) is 2.83. The molecule has 10 heteroatoms. The number of nitrogens with one attached hydrogen (secondary N) is 1. The highest BCUT2D eigenvalue weighted by atomic mass is 16.6. The molecule has 0 fully saturated rings. The molecule has 36 heavy (non-hydrogen) atoms. The summed E-state index contributed by atoms with van der Waals surface area (Å²) in [6, 6.07) is 18.5. The predicted molar refractivity (Wildman–Crippen MR) is 136 cm³/mol. The fourth-order valence-corrected chi connectivity index (χ4v) is 3.53. The van der Waals surface area contributed by atoms with Crippen molar-refractivity contribution in [3.05, 3.63) is 88.0 Å². The first-order chi connectivity index (χ1) is 17.0. The van der Waals surface area contributed by atoms with Crippen molar-refractivity contribution in [2.45, 2.75) is 31.9 Å². The van der Waals surface area contributed by atoms with Gasteiger partial charge in [-0.2, -0.15) is 0 Å². The molecule has 0 radical (unpaired) electrons. The predicted octanol–water partition coefficient (Wildman–Crippen LogP) is 3.42. The molecule has 1 amide bonds. The van der Waals surface area contributed by atoms with E-state index in [1.54, 1.807) is 24.3 Å². The number of nitrogens with two attached hydrogens (primary N) is 2. The number of nitro groups is 1. The van der Waals surface area contributed by atoms with Crippen LogP contribution < -0.4 is 26.3 Å². The highest BCUT2D eigenvalue weighted by Gasteiger charge is 2.21. The largest absolute Gasteiger partial charge is 0.488 e. The molecule has 0 aliphatic carbocycles. The number of amides is 1. The molecular weight excluding hydrogens is 464 g/mol. The average molecular weight is 495 g/mol. The molecule has 1 atom stereocenters. The van der Waals surface area contributed by atoms with Crippen LogP contribution in [0.15, 0.2) is 66.7 Å². The number of nitro benzene ring substituents is 1. The first-order valence-corrected chi connectivity index (χ1v) is 11.3. The summed E-state index contributed by atoms with van der Waals surface area (Å²) in [5.41, 5.74) is 11.9. The molecule has 3 aromatic rings. The number of aliphatic hydroxyl groups is 1. The zero-order valence-corrected chi connectivity index (χ0v) is 20.1. The van der Waals surface area contributed by atoms with Crippen molar-refractivity contribution < 1.29 is 24.3 Å². The summed E-state index contributed by atoms with van der Waals surface area (Å²) >= 11 is 0. The van der Waals surface area contributed by atoms with Gasteiger partial charge < -0.3 is 31.4 Å². The number of rotatable bonds is 12. The maximum absolute atomic E-state index is 11.2. The Morgan fingerprint density at radius 1 is 1.08 bits per heavy atom. The smallest absolute Gasteiger partial charge is 0.295 e. The Hall–Kier alpha value is -4.15. The molecule has 0 saturated heterocycles. The van der Waals surface area contributed by atoms with Gasteiger partial charge in [0, 0.05) is 23.7 Å². The number of carbonyl (C=O) groups is 1. The van der Waals surface area contributed by atoms with E-state index in [1.807, 2.05) is 38.1 Å². The number of carbonyl (C=O) groups excluding carboxylic acids is 1. The maximum atomic E-state index is 11.2. The quantitative estimate of drug-likeness (QED) is 0.169. The van der Waals surface area contributed by atoms with Crippen molar-refractivity contribution in [2.24, 2.45) is 5.73 Å². The van der Waals surface area contributed by atoms with E-state index in [2.05, 4.69) is 5.32 Å². The molecule has 3 rings (SSSR count). The van der Waals surface area contributed by atoms with Crippen LogP contribution in [0.4, 0.5) is 11.4 Å². The van der Waals surface area contributed by atoms with Crippen molar-refractivity contribution >= 4 is 17.3 Å². The third kappa shape index (κ3) is 7.42. The number of para-hydroxylation sites is 1. The van der Waals surface area contributed by atoms with Crippen molar-refractivity contribution in [2.75, 3.05) is 18.9 Å². The van der Waals surface area contributed by atoms with Gasteiger partial charge in [-0.05, 0) is 68.3 Å². The lowest BCUT2D eigenvalue weighted by atomic mass is 9.94. The fraction of sp³-hybridized carbons (Fsp3) is 0.269. The van der Waals surface area contributed by atoms with Gasteiger partial charge >= 0.3 is 0 Å². The monoisotopic (exact) mass is 494 g/mol. The normalized spacial score (nSPS) is 12.1. The zero-order chi connectivity index (χ0) is 26.3. The van der Waals surface area contributed by atoms with Gasteiger partial charge in [-0.15, -0.1) is 0 Å². The molecule has 0 saturated carbocycles. The van der Waals surface area contributed by atoms with Gasteiger partial charge in [-0.1, -0.05) is 18.2 Å². The van der Waals surface area contributed by atoms with Crippen molar-refractivity contribution in [3.8, 4) is 17.2 Å². The number of β-amino-alcohol motifs (C(OH)–C–C–N with tert-alkyl or cyclic N) is 1. The lowest BCUT2D eigenvalue weighted by Gasteiger charge is -2.28. The summed E-state index contributed by atoms with van der Waals surface area (Å²) in [7, 11) is 0. The van der Waals surface area contributed by atoms with Crippen molar-refractivity contribution in [1.29, 1.82) is 0 Å². The van der Waals surface area contributed by atoms with E-state index >= 15 is 0 Å². The van der Waals surface area contributed by atoms with E-state index in [9.17, 15) is 20.0 Å². The van der Waals surface area contributed by atoms with Crippen LogP contribution in [-0.2, 0) is 6.42 Å². The van der Waals surface area contributed by atoms with Gasteiger partial charge in [0.15, 0.2) is 5.69 Å². The zero-order valence-electron chi connectivity index (χ0n) is 20.1. The molecule has 0 spiro atoms. The molecule has 0 bridgehead atoms. The number of aliphatic hydroxyl groups excluding tert-OH is 1. The van der Waals surface area contributed by atoms with Crippen LogP contribution >= 0.6 is 0 Å². The highest BCUT2D eigenvalue weighted by Crippen LogP contribution is 2.31. The summed E-state index contributed by atoms with van der Waals surface area (Å²) in [6.45, 7) is 4.22. The SMILES string of the molecule is CC(C)(Cc1ccc(Oc2ccc(C(N)=O)cc2)cc1)NCC(O)COc1cccc([N+](=O)[O-])c1N. The van der Waals surface area contributed by atoms with Gasteiger partial charge in [0.1, 0.15) is 30.0 Å². The highest BCUT2D eigenvalue weighted by molar-refractivity contribution is 5.92. The number of hydrogen-bond donors (Lipinski definition) is 4. The molecular formula is C26H30N4O6. The second kappa shape index (κ2) is 11.5. The minimum Gasteiger partial charge on any atom is -0.488 e. The minimum absolute atomic E-state index is 0.0685. The minimum atomic E-state index is -0.848. The Morgan fingerprint density at radius 3 is 2.28 bits per heavy atom. The van der Waals surface area contributed by atoms with Crippen LogP contribution in [-0.4, -0.2) is 40.7 Å². The van der Waals surface area contributed by atoms with Gasteiger partial charge in [-0.3, -0.25) is 14.9 Å². The number of ether oxygens (including phenoxy) is 2. The van der Waals surface area contributed by atoms with Gasteiger partial charge in [0.05, 0.1) is 4.92 Å². The van der Waals surface area contributed by atoms with E-state index in [0.717, 1.165) is 5.56 Å². The van der Waals surface area contributed by atoms with E-state index in [4.69, 9.17) is 20.9 Å². The van der Waals surface area contributed by atoms with Crippen LogP contribution in [0.1, 0.15) is 29.8 Å². The Bertz CT molecular complexity index is 1200. The molecule has 0 aromatic heterocycles. The molecule has 0 aliphatic rings. The second-order valence-corrected chi connectivity index (χ2v) is 8.99. The molecule has 0 aliphatic heterocycles. The van der Waals surface area contributed by atoms with E-state index in [1.165, 1.54) is 18.2 Å². The van der Waals surface area contributed by atoms with Gasteiger partial charge in [0.2, 0.25) is 5.91 Å². The van der Waals surface area contributed by atoms with E-state index < -0.39 is 16.9 Å². The molecule has 6 N–H and O–H groups in total. The van der Waals surface area contributed by atoms with Gasteiger partial charge in [-0.25, -0.2) is 0 Å². The third-order valence-electron chi connectivity index (χ3n) is 5.43. The Kier molecular flexibility index (Phi) is 8.46. The van der Waals surface area contributed by atoms with E-state index in [0.29, 0.717) is 23.5 Å². The fourth-order valence-electron chi connectivity index (χ4n) is 3.53. The van der Waals surface area contributed by atoms with Crippen LogP contribution in [0.2, 0.25) is 0 Å². The number of hydrogen-bond acceptors (Lipinski definition) is 8. The summed E-state index contributed by atoms with van der Waals surface area (Å²) in [5, 5.41) is 24.6. The van der Waals surface area contributed by atoms with Crippen LogP contribution in [0, 0.1) is 10.1 Å². The number of nitrogen functional groups attached to an aromatic ring is 1. The molecule has 3 aromatic carbocycles. The van der Waals surface area contributed by atoms with Crippen LogP contribution in [0.5, 0.6) is 17.2 Å². The lowest BCUT2D eigenvalue weighted by Crippen LogP contribution is -2.46. The third-order valence-corrected chi connectivity index (χ3v) is 5.43. The van der Waals surface area contributed by atoms with Crippen LogP contribution in [0.3, 0.4) is 0 Å². The first kappa shape index (κ1) is 26.5. The summed E-state index contributed by atoms with van der Waals surface area (Å²) in [6.07, 6.45) is -0.161. The van der Waals surface area contributed by atoms with Gasteiger partial charge in [0.25, 0.3) is 5.69 Å². The standard InChI is InChI=1S/C26H30N4O6/c1-26(2,29-15-19(31)16-35-23-5-3-4-22(24(23)27)30(33)34)14-17-6-10-20(11-7-17)36-21-12-8-18(9-13-21)25(28)32/h3-13,19,29,31H,14-16,27H2,1-2H3,(H2,28,32).